The van der Waals surface area contributed by atoms with Crippen molar-refractivity contribution in [2.75, 3.05) is 26.2 Å². The number of hydrogen-bond acceptors (Lipinski definition) is 4. The van der Waals surface area contributed by atoms with Gasteiger partial charge >= 0.3 is 0 Å². The second-order valence-electron chi connectivity index (χ2n) is 6.40. The fourth-order valence-electron chi connectivity index (χ4n) is 3.10. The van der Waals surface area contributed by atoms with Crippen molar-refractivity contribution in [2.45, 2.75) is 26.2 Å². The molecule has 1 fully saturated rings. The molecule has 1 aromatic rings. The number of nitrogens with one attached hydrogen (secondary N) is 1. The van der Waals surface area contributed by atoms with Crippen LogP contribution in [0.1, 0.15) is 35.2 Å². The van der Waals surface area contributed by atoms with E-state index in [1.807, 2.05) is 31.2 Å². The zero-order valence-corrected chi connectivity index (χ0v) is 14.3. The Bertz CT molecular complexity index is 729. The van der Waals surface area contributed by atoms with Crippen LogP contribution in [0.4, 0.5) is 0 Å². The molecule has 7 nitrogen and oxygen atoms in total. The summed E-state index contributed by atoms with van der Waals surface area (Å²) < 4.78 is 0. The number of benzene rings is 1. The molecule has 2 aliphatic heterocycles. The van der Waals surface area contributed by atoms with Gasteiger partial charge in [-0.25, -0.2) is 5.43 Å². The lowest BCUT2D eigenvalue weighted by atomic mass is 10.1. The van der Waals surface area contributed by atoms with Crippen molar-refractivity contribution in [3.63, 3.8) is 0 Å². The second kappa shape index (κ2) is 7.46. The Kier molecular flexibility index (Phi) is 5.11. The molecule has 0 atom stereocenters. The van der Waals surface area contributed by atoms with Gasteiger partial charge < -0.3 is 9.80 Å². The summed E-state index contributed by atoms with van der Waals surface area (Å²) in [4.78, 5) is 39.9. The summed E-state index contributed by atoms with van der Waals surface area (Å²) >= 11 is 0. The zero-order chi connectivity index (χ0) is 17.8. The fourth-order valence-corrected chi connectivity index (χ4v) is 3.10. The van der Waals surface area contributed by atoms with Crippen molar-refractivity contribution >= 4 is 23.4 Å². The molecule has 0 aromatic heterocycles. The second-order valence-corrected chi connectivity index (χ2v) is 6.40. The molecule has 3 amide bonds. The molecule has 0 aliphatic carbocycles. The van der Waals surface area contributed by atoms with Crippen molar-refractivity contribution in [3.05, 3.63) is 35.4 Å². The summed E-state index contributed by atoms with van der Waals surface area (Å²) in [6.07, 6.45) is 1.38. The van der Waals surface area contributed by atoms with Gasteiger partial charge in [-0.15, -0.1) is 0 Å². The molecule has 0 radical (unpaired) electrons. The third-order valence-electron chi connectivity index (χ3n) is 4.49. The Morgan fingerprint density at radius 3 is 2.40 bits per heavy atom. The molecule has 132 valence electrons. The highest BCUT2D eigenvalue weighted by Crippen LogP contribution is 2.12. The third-order valence-corrected chi connectivity index (χ3v) is 4.49. The Morgan fingerprint density at radius 1 is 1.04 bits per heavy atom. The monoisotopic (exact) mass is 342 g/mol. The topological polar surface area (TPSA) is 82.1 Å². The standard InChI is InChI=1S/C18H22N4O3/c1-13-4-2-5-14(12-13)17(24)21-8-3-9-22(11-10-21)18(25)15-6-7-16(23)20-19-15/h2,4-5,12H,3,6-11H2,1H3,(H,20,23). The van der Waals surface area contributed by atoms with E-state index in [1.165, 1.54) is 0 Å². The molecule has 7 heteroatoms. The number of amides is 3. The van der Waals surface area contributed by atoms with E-state index in [1.54, 1.807) is 9.80 Å². The molecule has 3 rings (SSSR count). The van der Waals surface area contributed by atoms with E-state index in [0.717, 1.165) is 12.0 Å². The zero-order valence-electron chi connectivity index (χ0n) is 14.3. The third kappa shape index (κ3) is 4.04. The molecular weight excluding hydrogens is 320 g/mol. The molecule has 0 saturated carbocycles. The number of hydrogen-bond donors (Lipinski definition) is 1. The molecule has 1 aromatic carbocycles. The fraction of sp³-hybridized carbons (Fsp3) is 0.444. The highest BCUT2D eigenvalue weighted by molar-refractivity contribution is 6.39. The minimum absolute atomic E-state index is 0.000249. The first kappa shape index (κ1) is 17.1. The predicted octanol–water partition coefficient (Wildman–Crippen LogP) is 0.936. The van der Waals surface area contributed by atoms with Crippen molar-refractivity contribution in [1.82, 2.24) is 15.2 Å². The molecule has 0 bridgehead atoms. The summed E-state index contributed by atoms with van der Waals surface area (Å²) in [5, 5.41) is 3.87. The first-order chi connectivity index (χ1) is 12.0. The summed E-state index contributed by atoms with van der Waals surface area (Å²) in [6.45, 7) is 4.15. The summed E-state index contributed by atoms with van der Waals surface area (Å²) in [5.74, 6) is -0.313. The van der Waals surface area contributed by atoms with Crippen molar-refractivity contribution in [2.24, 2.45) is 5.10 Å². The van der Waals surface area contributed by atoms with Gasteiger partial charge in [-0.2, -0.15) is 5.10 Å². The van der Waals surface area contributed by atoms with Gasteiger partial charge in [-0.1, -0.05) is 17.7 Å². The first-order valence-electron chi connectivity index (χ1n) is 8.55. The van der Waals surface area contributed by atoms with E-state index in [9.17, 15) is 14.4 Å². The summed E-state index contributed by atoms with van der Waals surface area (Å²) in [5.41, 5.74) is 4.48. The van der Waals surface area contributed by atoms with Crippen LogP contribution < -0.4 is 5.43 Å². The number of aryl methyl sites for hydroxylation is 1. The predicted molar refractivity (Wildman–Crippen MR) is 93.1 cm³/mol. The van der Waals surface area contributed by atoms with Crippen molar-refractivity contribution in [1.29, 1.82) is 0 Å². The lowest BCUT2D eigenvalue weighted by molar-refractivity contribution is -0.124. The number of carbonyl (C=O) groups excluding carboxylic acids is 3. The Hall–Kier alpha value is -2.70. The van der Waals surface area contributed by atoms with Gasteiger partial charge in [0.25, 0.3) is 11.8 Å². The van der Waals surface area contributed by atoms with E-state index in [0.29, 0.717) is 43.9 Å². The Labute approximate surface area is 146 Å². The maximum Gasteiger partial charge on any atom is 0.270 e. The molecule has 2 aliphatic rings. The molecule has 2 heterocycles. The van der Waals surface area contributed by atoms with Gasteiger partial charge in [0.1, 0.15) is 5.71 Å². The normalized spacial score (nSPS) is 18.3. The number of rotatable bonds is 2. The van der Waals surface area contributed by atoms with E-state index in [4.69, 9.17) is 0 Å². The smallest absolute Gasteiger partial charge is 0.270 e. The molecule has 0 unspecified atom stereocenters. The van der Waals surface area contributed by atoms with E-state index >= 15 is 0 Å². The summed E-state index contributed by atoms with van der Waals surface area (Å²) in [7, 11) is 0. The van der Waals surface area contributed by atoms with Gasteiger partial charge in [0.15, 0.2) is 0 Å². The quantitative estimate of drug-likeness (QED) is 0.868. The first-order valence-corrected chi connectivity index (χ1v) is 8.55. The van der Waals surface area contributed by atoms with Crippen LogP contribution in [0.25, 0.3) is 0 Å². The van der Waals surface area contributed by atoms with Crippen molar-refractivity contribution in [3.8, 4) is 0 Å². The highest BCUT2D eigenvalue weighted by atomic mass is 16.2. The average Bonchev–Trinajstić information content (AvgIpc) is 2.87. The van der Waals surface area contributed by atoms with Crippen LogP contribution in [0.2, 0.25) is 0 Å². The number of hydrazone groups is 1. The van der Waals surface area contributed by atoms with Crippen molar-refractivity contribution < 1.29 is 14.4 Å². The highest BCUT2D eigenvalue weighted by Gasteiger charge is 2.27. The minimum Gasteiger partial charge on any atom is -0.337 e. The van der Waals surface area contributed by atoms with Gasteiger partial charge in [0.2, 0.25) is 5.91 Å². The lowest BCUT2D eigenvalue weighted by Crippen LogP contribution is -2.42. The van der Waals surface area contributed by atoms with E-state index in [-0.39, 0.29) is 24.1 Å². The molecule has 0 spiro atoms. The molecular formula is C18H22N4O3. The average molecular weight is 342 g/mol. The van der Waals surface area contributed by atoms with Gasteiger partial charge in [0, 0.05) is 44.6 Å². The molecule has 25 heavy (non-hydrogen) atoms. The van der Waals surface area contributed by atoms with Gasteiger partial charge in [-0.3, -0.25) is 14.4 Å². The van der Waals surface area contributed by atoms with Crippen LogP contribution in [0.5, 0.6) is 0 Å². The SMILES string of the molecule is Cc1cccc(C(=O)N2CCCN(C(=O)C3=NNC(=O)CC3)CC2)c1. The Morgan fingerprint density at radius 2 is 1.76 bits per heavy atom. The molecule has 1 saturated heterocycles. The van der Waals surface area contributed by atoms with Crippen LogP contribution in [-0.2, 0) is 9.59 Å². The number of nitrogens with zero attached hydrogens (tertiary/aromatic N) is 3. The minimum atomic E-state index is -0.164. The largest absolute Gasteiger partial charge is 0.337 e. The van der Waals surface area contributed by atoms with Crippen LogP contribution in [0.3, 0.4) is 0 Å². The van der Waals surface area contributed by atoms with Crippen LogP contribution in [0.15, 0.2) is 29.4 Å². The van der Waals surface area contributed by atoms with Gasteiger partial charge in [0.05, 0.1) is 0 Å². The molecule has 1 N–H and O–H groups in total. The van der Waals surface area contributed by atoms with E-state index < -0.39 is 0 Å². The maximum atomic E-state index is 12.7. The maximum absolute atomic E-state index is 12.7. The van der Waals surface area contributed by atoms with Crippen LogP contribution in [0, 0.1) is 6.92 Å². The lowest BCUT2D eigenvalue weighted by Gasteiger charge is -2.23. The summed E-state index contributed by atoms with van der Waals surface area (Å²) in [6, 6.07) is 7.55. The van der Waals surface area contributed by atoms with E-state index in [2.05, 4.69) is 10.5 Å². The Balaban J connectivity index is 1.63. The van der Waals surface area contributed by atoms with Crippen LogP contribution in [-0.4, -0.2) is 59.4 Å². The number of carbonyl (C=O) groups is 3. The van der Waals surface area contributed by atoms with Crippen LogP contribution >= 0.6 is 0 Å². The van der Waals surface area contributed by atoms with Gasteiger partial charge in [-0.05, 0) is 25.5 Å².